The predicted octanol–water partition coefficient (Wildman–Crippen LogP) is 1.52. The maximum absolute atomic E-state index is 12.7. The molecule has 0 bridgehead atoms. The summed E-state index contributed by atoms with van der Waals surface area (Å²) in [5.41, 5.74) is 1.69. The van der Waals surface area contributed by atoms with Gasteiger partial charge in [-0.2, -0.15) is 0 Å². The van der Waals surface area contributed by atoms with Gasteiger partial charge in [-0.3, -0.25) is 14.9 Å². The third-order valence-electron chi connectivity index (χ3n) is 3.76. The number of nitrogens with zero attached hydrogens (tertiary/aromatic N) is 4. The Morgan fingerprint density at radius 2 is 1.65 bits per heavy atom. The van der Waals surface area contributed by atoms with Crippen molar-refractivity contribution in [2.24, 2.45) is 0 Å². The largest absolute Gasteiger partial charge is 0.347 e. The number of carbonyl (C=O) groups excluding carboxylic acids is 3. The SMILES string of the molecule is Cc1ccc(N2C(=O)NC(=O)/C(=C/c3cnc(N(C)C)nc3)C2=O)cc1. The Labute approximate surface area is 150 Å². The number of urea groups is 1. The summed E-state index contributed by atoms with van der Waals surface area (Å²) in [7, 11) is 3.60. The molecule has 26 heavy (non-hydrogen) atoms. The number of aromatic nitrogens is 2. The van der Waals surface area contributed by atoms with E-state index in [1.54, 1.807) is 43.3 Å². The van der Waals surface area contributed by atoms with Gasteiger partial charge in [0.1, 0.15) is 5.57 Å². The van der Waals surface area contributed by atoms with Crippen molar-refractivity contribution < 1.29 is 14.4 Å². The molecule has 1 aromatic carbocycles. The summed E-state index contributed by atoms with van der Waals surface area (Å²) in [6, 6.07) is 6.08. The standard InChI is InChI=1S/C18H17N5O3/c1-11-4-6-13(7-5-11)23-16(25)14(15(24)21-18(23)26)8-12-9-19-17(20-10-12)22(2)3/h4-10H,1-3H3,(H,21,24,26)/b14-8-. The monoisotopic (exact) mass is 351 g/mol. The number of benzene rings is 1. The van der Waals surface area contributed by atoms with Crippen LogP contribution in [0.15, 0.2) is 42.2 Å². The average molecular weight is 351 g/mol. The Bertz CT molecular complexity index is 901. The van der Waals surface area contributed by atoms with Gasteiger partial charge in [-0.1, -0.05) is 17.7 Å². The highest BCUT2D eigenvalue weighted by Crippen LogP contribution is 2.22. The van der Waals surface area contributed by atoms with Gasteiger partial charge in [-0.15, -0.1) is 0 Å². The molecular weight excluding hydrogens is 334 g/mol. The van der Waals surface area contributed by atoms with Crippen molar-refractivity contribution in [3.8, 4) is 0 Å². The van der Waals surface area contributed by atoms with E-state index < -0.39 is 17.8 Å². The lowest BCUT2D eigenvalue weighted by Gasteiger charge is -2.26. The van der Waals surface area contributed by atoms with Gasteiger partial charge in [0.15, 0.2) is 0 Å². The molecule has 1 aromatic heterocycles. The zero-order chi connectivity index (χ0) is 18.8. The van der Waals surface area contributed by atoms with Crippen LogP contribution in [0.1, 0.15) is 11.1 Å². The summed E-state index contributed by atoms with van der Waals surface area (Å²) >= 11 is 0. The van der Waals surface area contributed by atoms with E-state index in [4.69, 9.17) is 0 Å². The molecular formula is C18H17N5O3. The predicted molar refractivity (Wildman–Crippen MR) is 96.5 cm³/mol. The highest BCUT2D eigenvalue weighted by molar-refractivity contribution is 6.39. The molecule has 2 aromatic rings. The van der Waals surface area contributed by atoms with Crippen LogP contribution < -0.4 is 15.1 Å². The third-order valence-corrected chi connectivity index (χ3v) is 3.76. The van der Waals surface area contributed by atoms with Crippen molar-refractivity contribution in [2.75, 3.05) is 23.9 Å². The number of rotatable bonds is 3. The van der Waals surface area contributed by atoms with Crippen molar-refractivity contribution in [3.05, 3.63) is 53.4 Å². The van der Waals surface area contributed by atoms with Crippen LogP contribution in [-0.4, -0.2) is 41.9 Å². The number of amides is 4. The fourth-order valence-electron chi connectivity index (χ4n) is 2.39. The Hall–Kier alpha value is -3.55. The number of hydrogen-bond donors (Lipinski definition) is 1. The first kappa shape index (κ1) is 17.3. The number of anilines is 2. The van der Waals surface area contributed by atoms with E-state index in [1.807, 2.05) is 6.92 Å². The Morgan fingerprint density at radius 1 is 1.04 bits per heavy atom. The number of imide groups is 2. The summed E-state index contributed by atoms with van der Waals surface area (Å²) in [6.45, 7) is 1.90. The minimum Gasteiger partial charge on any atom is -0.347 e. The first-order valence-corrected chi connectivity index (χ1v) is 7.84. The van der Waals surface area contributed by atoms with E-state index in [1.165, 1.54) is 18.5 Å². The first-order chi connectivity index (χ1) is 12.4. The Morgan fingerprint density at radius 3 is 2.23 bits per heavy atom. The van der Waals surface area contributed by atoms with Crippen molar-refractivity contribution in [1.29, 1.82) is 0 Å². The van der Waals surface area contributed by atoms with Crippen molar-refractivity contribution in [1.82, 2.24) is 15.3 Å². The molecule has 1 saturated heterocycles. The average Bonchev–Trinajstić information content (AvgIpc) is 2.60. The summed E-state index contributed by atoms with van der Waals surface area (Å²) in [5.74, 6) is -0.942. The first-order valence-electron chi connectivity index (χ1n) is 7.84. The van der Waals surface area contributed by atoms with E-state index in [0.29, 0.717) is 17.2 Å². The molecule has 8 heteroatoms. The lowest BCUT2D eigenvalue weighted by Crippen LogP contribution is -2.54. The van der Waals surface area contributed by atoms with Crippen LogP contribution in [0.2, 0.25) is 0 Å². The molecule has 1 N–H and O–H groups in total. The van der Waals surface area contributed by atoms with Gasteiger partial charge in [-0.25, -0.2) is 19.7 Å². The molecule has 8 nitrogen and oxygen atoms in total. The van der Waals surface area contributed by atoms with E-state index in [0.717, 1.165) is 10.5 Å². The highest BCUT2D eigenvalue weighted by atomic mass is 16.2. The lowest BCUT2D eigenvalue weighted by atomic mass is 10.1. The molecule has 0 aliphatic carbocycles. The van der Waals surface area contributed by atoms with E-state index in [2.05, 4.69) is 15.3 Å². The molecule has 1 aliphatic rings. The zero-order valence-electron chi connectivity index (χ0n) is 14.6. The van der Waals surface area contributed by atoms with Crippen LogP contribution >= 0.6 is 0 Å². The quantitative estimate of drug-likeness (QED) is 0.665. The van der Waals surface area contributed by atoms with E-state index >= 15 is 0 Å². The summed E-state index contributed by atoms with van der Waals surface area (Å²) in [4.78, 5) is 47.9. The van der Waals surface area contributed by atoms with Crippen molar-refractivity contribution in [2.45, 2.75) is 6.92 Å². The van der Waals surface area contributed by atoms with Gasteiger partial charge in [0.05, 0.1) is 5.69 Å². The minimum atomic E-state index is -0.778. The second kappa shape index (κ2) is 6.75. The van der Waals surface area contributed by atoms with Gasteiger partial charge < -0.3 is 4.90 Å². The summed E-state index contributed by atoms with van der Waals surface area (Å²) in [5, 5.41) is 2.18. The van der Waals surface area contributed by atoms with Crippen LogP contribution in [-0.2, 0) is 9.59 Å². The fourth-order valence-corrected chi connectivity index (χ4v) is 2.39. The highest BCUT2D eigenvalue weighted by Gasteiger charge is 2.36. The molecule has 4 amide bonds. The number of aryl methyl sites for hydroxylation is 1. The van der Waals surface area contributed by atoms with Crippen LogP contribution in [0.4, 0.5) is 16.4 Å². The van der Waals surface area contributed by atoms with Gasteiger partial charge in [0.25, 0.3) is 11.8 Å². The second-order valence-corrected chi connectivity index (χ2v) is 6.00. The molecule has 1 aliphatic heterocycles. The third kappa shape index (κ3) is 3.30. The van der Waals surface area contributed by atoms with Crippen molar-refractivity contribution in [3.63, 3.8) is 0 Å². The number of barbiturate groups is 1. The van der Waals surface area contributed by atoms with Crippen molar-refractivity contribution >= 4 is 35.6 Å². The molecule has 0 unspecified atom stereocenters. The Kier molecular flexibility index (Phi) is 4.49. The molecule has 3 rings (SSSR count). The number of carbonyl (C=O) groups is 3. The van der Waals surface area contributed by atoms with Gasteiger partial charge in [0.2, 0.25) is 5.95 Å². The lowest BCUT2D eigenvalue weighted by molar-refractivity contribution is -0.122. The maximum atomic E-state index is 12.7. The van der Waals surface area contributed by atoms with Crippen LogP contribution in [0, 0.1) is 6.92 Å². The van der Waals surface area contributed by atoms with Gasteiger partial charge >= 0.3 is 6.03 Å². The molecule has 132 valence electrons. The van der Waals surface area contributed by atoms with E-state index in [-0.39, 0.29) is 5.57 Å². The van der Waals surface area contributed by atoms with Crippen LogP contribution in [0.3, 0.4) is 0 Å². The topological polar surface area (TPSA) is 95.5 Å². The fraction of sp³-hybridized carbons (Fsp3) is 0.167. The molecule has 0 spiro atoms. The molecule has 2 heterocycles. The smallest absolute Gasteiger partial charge is 0.335 e. The molecule has 0 radical (unpaired) electrons. The van der Waals surface area contributed by atoms with Crippen LogP contribution in [0.5, 0.6) is 0 Å². The van der Waals surface area contributed by atoms with Gasteiger partial charge in [-0.05, 0) is 25.1 Å². The summed E-state index contributed by atoms with van der Waals surface area (Å²) < 4.78 is 0. The normalized spacial score (nSPS) is 16.0. The molecule has 0 saturated carbocycles. The molecule has 0 atom stereocenters. The maximum Gasteiger partial charge on any atom is 0.335 e. The summed E-state index contributed by atoms with van der Waals surface area (Å²) in [6.07, 6.45) is 4.37. The number of nitrogens with one attached hydrogen (secondary N) is 1. The van der Waals surface area contributed by atoms with E-state index in [9.17, 15) is 14.4 Å². The van der Waals surface area contributed by atoms with Crippen LogP contribution in [0.25, 0.3) is 6.08 Å². The molecule has 1 fully saturated rings. The van der Waals surface area contributed by atoms with Gasteiger partial charge in [0, 0.05) is 32.1 Å². The zero-order valence-corrected chi connectivity index (χ0v) is 14.6. The minimum absolute atomic E-state index is 0.161. The second-order valence-electron chi connectivity index (χ2n) is 6.00. The number of hydrogen-bond acceptors (Lipinski definition) is 6. The Balaban J connectivity index is 1.95.